The van der Waals surface area contributed by atoms with Gasteiger partial charge in [-0.1, -0.05) is 129 Å². The first-order chi connectivity index (χ1) is 72.1. The van der Waals surface area contributed by atoms with E-state index in [0.29, 0.717) is 152 Å². The van der Waals surface area contributed by atoms with Crippen LogP contribution in [-0.4, -0.2) is 217 Å². The van der Waals surface area contributed by atoms with Crippen LogP contribution in [0, 0.1) is 52.3 Å². The number of aromatic nitrogens is 10. The van der Waals surface area contributed by atoms with Gasteiger partial charge in [-0.05, 0) is 227 Å². The van der Waals surface area contributed by atoms with Crippen molar-refractivity contribution in [1.29, 1.82) is 10.5 Å². The number of β-amino-alcohol motifs (C(OH)–C–C–N with tert-alkyl or cyclic N) is 5. The molecule has 148 heavy (non-hydrogen) atoms. The fraction of sp³-hybridized carbons (Fsp3) is 0.300. The van der Waals surface area contributed by atoms with Crippen LogP contribution in [0.3, 0.4) is 0 Å². The Balaban J connectivity index is 0.000000108. The lowest BCUT2D eigenvalue weighted by Crippen LogP contribution is -2.30. The van der Waals surface area contributed by atoms with Gasteiger partial charge >= 0.3 is 6.36 Å². The Hall–Kier alpha value is -16.8. The maximum absolute atomic E-state index is 12.3. The number of aliphatic hydroxyl groups is 5. The third kappa shape index (κ3) is 18.8. The number of nitriles is 2. The molecule has 0 spiro atoms. The van der Waals surface area contributed by atoms with Crippen molar-refractivity contribution >= 4 is 29.5 Å². The van der Waals surface area contributed by atoms with Gasteiger partial charge in [0.15, 0.2) is 0 Å². The molecule has 5 amide bonds. The Morgan fingerprint density at radius 2 is 0.534 bits per heavy atom. The predicted molar refractivity (Wildman–Crippen MR) is 522 cm³/mol. The zero-order valence-electron chi connectivity index (χ0n) is 79.9. The molecule has 10 atom stereocenters. The summed E-state index contributed by atoms with van der Waals surface area (Å²) in [5.41, 5.74) is 20.2. The number of hydrogen-bond acceptors (Lipinski definition) is 30. The highest BCUT2D eigenvalue weighted by molar-refractivity contribution is 5.86. The average molecular weight is 2000 g/mol. The number of carbonyl (C=O) groups is 5. The normalized spacial score (nSPS) is 19.9. The number of aliphatic hydroxyl groups excluding tert-OH is 5. The first-order valence-electron chi connectivity index (χ1n) is 48.6. The minimum Gasteiger partial charge on any atom is -0.497 e. The number of amides is 5. The summed E-state index contributed by atoms with van der Waals surface area (Å²) < 4.78 is 78.6. The first kappa shape index (κ1) is 97.3. The Kier molecular flexibility index (Phi) is 27.2. The van der Waals surface area contributed by atoms with Crippen molar-refractivity contribution in [1.82, 2.24) is 75.2 Å². The fourth-order valence-corrected chi connectivity index (χ4v) is 23.1. The lowest BCUT2D eigenvalue weighted by molar-refractivity contribution is -0.274. The highest BCUT2D eigenvalue weighted by Crippen LogP contribution is 2.56. The number of fused-ring (bicyclic) bond motifs is 15. The Morgan fingerprint density at radius 1 is 0.311 bits per heavy atom. The monoisotopic (exact) mass is 2000 g/mol. The van der Waals surface area contributed by atoms with Crippen LogP contribution in [0.2, 0.25) is 0 Å². The van der Waals surface area contributed by atoms with Gasteiger partial charge < -0.3 is 86.9 Å². The lowest BCUT2D eigenvalue weighted by atomic mass is 10.0. The minimum atomic E-state index is -4.76. The van der Waals surface area contributed by atoms with E-state index < -0.39 is 6.36 Å². The van der Waals surface area contributed by atoms with Gasteiger partial charge in [-0.2, -0.15) is 35.4 Å². The van der Waals surface area contributed by atoms with Gasteiger partial charge in [0.05, 0.1) is 101 Å². The van der Waals surface area contributed by atoms with E-state index in [9.17, 15) is 62.7 Å². The van der Waals surface area contributed by atoms with Crippen LogP contribution in [0.1, 0.15) is 129 Å². The van der Waals surface area contributed by atoms with Gasteiger partial charge in [0, 0.05) is 120 Å². The standard InChI is InChI=1S/C22H18F3N3O4.2C22H18N4O3.2C22H21N3O4/c23-22(24,25)31-14-6-4-12(5-7-14)21-26-20(27-32-21)16-3-1-2-15-17(16)10-13-11-18(30)28(8-9-29)19(13)15;2*23-12-13-3-1-4-14(9-13)22-24-21(25-29-22)17-6-2-5-16-18(17)10-15-11-19(28)26(7-8-27)20(15)16;2*1-28-15-7-5-13(6-8-15)22-23-21(24-29-22)17-4-2-3-16-18(17)11-14-12-19(27)25(9-10-26)20(14)16/h1-7,13,19,29H,8-11H2;2*1-6,9,15,20,27H,7-8,10-11H2;2*2-8,14,20,26H,9-12H2,1H3/t13-,19+;2*15-,20+;2*14-,20+/m11010/s1. The molecule has 25 rings (SSSR count). The summed E-state index contributed by atoms with van der Waals surface area (Å²) in [6.45, 7) is 1.51. The van der Waals surface area contributed by atoms with Gasteiger partial charge in [0.25, 0.3) is 29.5 Å². The van der Waals surface area contributed by atoms with Crippen LogP contribution >= 0.6 is 0 Å². The van der Waals surface area contributed by atoms with Crippen molar-refractivity contribution in [3.8, 4) is 144 Å². The molecule has 0 saturated carbocycles. The van der Waals surface area contributed by atoms with Crippen molar-refractivity contribution in [2.75, 3.05) is 80.0 Å². The fourth-order valence-electron chi connectivity index (χ4n) is 23.1. The number of rotatable bonds is 23. The van der Waals surface area contributed by atoms with Gasteiger partial charge in [-0.3, -0.25) is 24.0 Å². The number of alkyl halides is 3. The zero-order chi connectivity index (χ0) is 102. The van der Waals surface area contributed by atoms with Gasteiger partial charge in [-0.25, -0.2) is 0 Å². The molecule has 5 N–H and O–H groups in total. The van der Waals surface area contributed by atoms with Crippen LogP contribution in [0.15, 0.2) is 235 Å². The molecule has 5 fully saturated rings. The molecule has 10 aliphatic rings. The van der Waals surface area contributed by atoms with Crippen molar-refractivity contribution < 1.29 is 99.5 Å². The topological polar surface area (TPSA) is 473 Å². The van der Waals surface area contributed by atoms with Gasteiger partial charge in [-0.15, -0.1) is 13.2 Å². The first-order valence-corrected chi connectivity index (χ1v) is 48.6. The van der Waals surface area contributed by atoms with Crippen LogP contribution in [-0.2, 0) is 56.1 Å². The molecule has 10 heterocycles. The number of methoxy groups -OCH3 is 2. The number of nitrogens with zero attached hydrogens (tertiary/aromatic N) is 17. The van der Waals surface area contributed by atoms with Gasteiger partial charge in [0.1, 0.15) is 17.2 Å². The summed E-state index contributed by atoms with van der Waals surface area (Å²) in [6, 6.07) is 68.2. The second-order valence-electron chi connectivity index (χ2n) is 37.5. The Labute approximate surface area is 843 Å². The molecule has 5 aliphatic heterocycles. The molecule has 5 saturated heterocycles. The van der Waals surface area contributed by atoms with Crippen molar-refractivity contribution in [2.24, 2.45) is 29.6 Å². The van der Waals surface area contributed by atoms with E-state index >= 15 is 0 Å². The largest absolute Gasteiger partial charge is 0.573 e. The predicted octanol–water partition coefficient (Wildman–Crippen LogP) is 14.9. The average Bonchev–Trinajstić information content (AvgIpc) is 1.60. The molecule has 750 valence electrons. The third-order valence-corrected chi connectivity index (χ3v) is 29.2. The lowest BCUT2D eigenvalue weighted by Gasteiger charge is -2.24. The van der Waals surface area contributed by atoms with Crippen molar-refractivity contribution in [3.63, 3.8) is 0 Å². The van der Waals surface area contributed by atoms with E-state index in [-0.39, 0.29) is 134 Å². The number of halogens is 3. The molecule has 15 aromatic rings. The molecule has 5 aromatic heterocycles. The van der Waals surface area contributed by atoms with Crippen molar-refractivity contribution in [3.05, 3.63) is 279 Å². The van der Waals surface area contributed by atoms with E-state index in [2.05, 4.69) is 79.7 Å². The van der Waals surface area contributed by atoms with E-state index in [1.165, 1.54) is 35.4 Å². The second kappa shape index (κ2) is 41.4. The maximum atomic E-state index is 12.3. The smallest absolute Gasteiger partial charge is 0.497 e. The summed E-state index contributed by atoms with van der Waals surface area (Å²) in [5, 5.41) is 85.8. The number of benzene rings is 10. The molecular weight excluding hydrogens is 1900 g/mol. The van der Waals surface area contributed by atoms with E-state index in [1.807, 2.05) is 140 Å². The second-order valence-corrected chi connectivity index (χ2v) is 37.5. The highest BCUT2D eigenvalue weighted by Gasteiger charge is 2.52. The van der Waals surface area contributed by atoms with Crippen LogP contribution in [0.25, 0.3) is 114 Å². The van der Waals surface area contributed by atoms with Crippen LogP contribution in [0.5, 0.6) is 17.2 Å². The summed E-state index contributed by atoms with van der Waals surface area (Å²) in [4.78, 5) is 93.2. The maximum Gasteiger partial charge on any atom is 0.573 e. The molecule has 0 unspecified atom stereocenters. The molecule has 0 bridgehead atoms. The molecule has 38 heteroatoms. The summed E-state index contributed by atoms with van der Waals surface area (Å²) in [6.07, 6.45) is 1.54. The molecule has 5 aliphatic carbocycles. The molecular formula is C110H96F3N17O18. The number of hydrogen-bond donors (Lipinski definition) is 5. The zero-order valence-corrected chi connectivity index (χ0v) is 79.9. The number of ether oxygens (including phenoxy) is 3. The summed E-state index contributed by atoms with van der Waals surface area (Å²) in [5.74, 6) is 6.98. The molecule has 0 radical (unpaired) electrons. The summed E-state index contributed by atoms with van der Waals surface area (Å²) in [7, 11) is 3.25. The quantitative estimate of drug-likeness (QED) is 0.0397. The van der Waals surface area contributed by atoms with Gasteiger partial charge in [0.2, 0.25) is 58.7 Å². The molecule has 35 nitrogen and oxygen atoms in total. The minimum absolute atomic E-state index is 0.00304. The summed E-state index contributed by atoms with van der Waals surface area (Å²) >= 11 is 0. The highest BCUT2D eigenvalue weighted by atomic mass is 19.4. The van der Waals surface area contributed by atoms with E-state index in [1.54, 1.807) is 75.1 Å². The number of likely N-dealkylation sites (tertiary alicyclic amines) is 5. The van der Waals surface area contributed by atoms with Crippen LogP contribution < -0.4 is 14.2 Å². The third-order valence-electron chi connectivity index (χ3n) is 29.2. The SMILES string of the molecule is COc1ccc(-c2nc(-c3cccc4c3C[C@@H]3CC(=O)N(CCO)[C@H]43)no2)cc1.COc1ccc(-c2nc(-c3cccc4c3C[C@H]3CC(=O)N(CCO)[C@@H]43)no2)cc1.N#Cc1cccc(-c2nc(-c3cccc4c3C[C@@H]3CC(=O)N(CCO)[C@H]43)no2)c1.N#Cc1cccc(-c2nc(-c3cccc4c3C[C@H]3CC(=O)N(CCO)[C@@H]43)no2)c1.O=C1C[C@H]2Cc3c(-c4noc(-c5ccc(OC(F)(F)F)cc5)n4)cccc3[C@H]2N1CCO. The van der Waals surface area contributed by atoms with Crippen molar-refractivity contribution in [2.45, 2.75) is 101 Å². The van der Waals surface area contributed by atoms with E-state index in [4.69, 9.17) is 42.6 Å². The Morgan fingerprint density at radius 3 is 0.750 bits per heavy atom. The number of carbonyl (C=O) groups excluding carboxylic acids is 5. The Bertz CT molecular complexity index is 7290. The molecule has 10 aromatic carbocycles. The van der Waals surface area contributed by atoms with E-state index in [0.717, 1.165) is 121 Å². The van der Waals surface area contributed by atoms with Crippen LogP contribution in [0.4, 0.5) is 13.2 Å².